The van der Waals surface area contributed by atoms with Crippen LogP contribution in [0, 0.1) is 0 Å². The van der Waals surface area contributed by atoms with Gasteiger partial charge in [-0.05, 0) is 12.8 Å². The van der Waals surface area contributed by atoms with E-state index in [0.717, 1.165) is 31.9 Å². The van der Waals surface area contributed by atoms with E-state index in [1.807, 2.05) is 26.0 Å². The second-order valence-corrected chi connectivity index (χ2v) is 5.86. The number of anilines is 3. The molecule has 1 aliphatic heterocycles. The Bertz CT molecular complexity index is 492. The number of aromatic nitrogens is 3. The molecule has 2 unspecified atom stereocenters. The number of rotatable bonds is 3. The molecular weight excluding hydrogens is 268 g/mol. The van der Waals surface area contributed by atoms with Crippen molar-refractivity contribution in [2.45, 2.75) is 37.8 Å². The van der Waals surface area contributed by atoms with Crippen LogP contribution in [0.3, 0.4) is 0 Å². The van der Waals surface area contributed by atoms with Crippen LogP contribution in [0.1, 0.15) is 25.7 Å². The van der Waals surface area contributed by atoms with Gasteiger partial charge < -0.3 is 19.9 Å². The summed E-state index contributed by atoms with van der Waals surface area (Å²) in [5, 5.41) is 3.03. The molecule has 1 aromatic rings. The van der Waals surface area contributed by atoms with Crippen LogP contribution in [0.15, 0.2) is 0 Å². The molecule has 1 N–H and O–H groups in total. The molecular formula is C14H24N6O. The molecule has 1 aromatic heterocycles. The summed E-state index contributed by atoms with van der Waals surface area (Å²) in [6.07, 6.45) is 5.14. The fourth-order valence-corrected chi connectivity index (χ4v) is 3.14. The van der Waals surface area contributed by atoms with Crippen LogP contribution in [-0.4, -0.2) is 61.4 Å². The largest absolute Gasteiger partial charge is 0.374 e. The van der Waals surface area contributed by atoms with Gasteiger partial charge in [-0.2, -0.15) is 15.0 Å². The van der Waals surface area contributed by atoms with E-state index in [2.05, 4.69) is 25.2 Å². The minimum absolute atomic E-state index is 0.324. The summed E-state index contributed by atoms with van der Waals surface area (Å²) in [5.41, 5.74) is 0. The Labute approximate surface area is 125 Å². The summed E-state index contributed by atoms with van der Waals surface area (Å²) in [5.74, 6) is 2.06. The lowest BCUT2D eigenvalue weighted by molar-refractivity contribution is -0.00931. The highest BCUT2D eigenvalue weighted by Gasteiger charge is 2.35. The zero-order chi connectivity index (χ0) is 14.8. The second-order valence-electron chi connectivity index (χ2n) is 5.86. The number of nitrogens with zero attached hydrogens (tertiary/aromatic N) is 5. The molecule has 3 rings (SSSR count). The third-order valence-corrected chi connectivity index (χ3v) is 4.22. The fourth-order valence-electron chi connectivity index (χ4n) is 3.14. The molecule has 2 fully saturated rings. The van der Waals surface area contributed by atoms with Crippen molar-refractivity contribution in [3.8, 4) is 0 Å². The number of ether oxygens (including phenoxy) is 1. The summed E-state index contributed by atoms with van der Waals surface area (Å²) in [6.45, 7) is 1.60. The van der Waals surface area contributed by atoms with Gasteiger partial charge in [-0.1, -0.05) is 12.8 Å². The lowest BCUT2D eigenvalue weighted by atomic mass is 9.90. The molecule has 0 radical (unpaired) electrons. The quantitative estimate of drug-likeness (QED) is 0.895. The predicted octanol–water partition coefficient (Wildman–Crippen LogP) is 1.13. The van der Waals surface area contributed by atoms with Gasteiger partial charge in [0, 0.05) is 27.7 Å². The molecule has 0 bridgehead atoms. The van der Waals surface area contributed by atoms with Crippen molar-refractivity contribution in [2.75, 3.05) is 49.4 Å². The van der Waals surface area contributed by atoms with E-state index in [-0.39, 0.29) is 0 Å². The number of morpholine rings is 1. The lowest BCUT2D eigenvalue weighted by Crippen LogP contribution is -2.53. The van der Waals surface area contributed by atoms with E-state index in [0.29, 0.717) is 24.0 Å². The van der Waals surface area contributed by atoms with Gasteiger partial charge >= 0.3 is 0 Å². The standard InChI is InChI=1S/C14H24N6O/c1-15-12-16-13(19(2)3)18-14(17-12)20-8-9-21-11-7-5-4-6-10(11)20/h10-11H,4-9H2,1-3H3,(H,15,16,17,18). The Morgan fingerprint density at radius 3 is 2.76 bits per heavy atom. The molecule has 0 spiro atoms. The monoisotopic (exact) mass is 292 g/mol. The summed E-state index contributed by atoms with van der Waals surface area (Å²) in [4.78, 5) is 17.8. The van der Waals surface area contributed by atoms with Crippen LogP contribution in [-0.2, 0) is 4.74 Å². The van der Waals surface area contributed by atoms with Crippen LogP contribution in [0.25, 0.3) is 0 Å². The van der Waals surface area contributed by atoms with Crippen molar-refractivity contribution in [1.29, 1.82) is 0 Å². The SMILES string of the molecule is CNc1nc(N(C)C)nc(N2CCOC3CCCCC32)n1. The zero-order valence-electron chi connectivity index (χ0n) is 13.0. The van der Waals surface area contributed by atoms with Crippen molar-refractivity contribution >= 4 is 17.8 Å². The third kappa shape index (κ3) is 2.88. The van der Waals surface area contributed by atoms with E-state index < -0.39 is 0 Å². The molecule has 7 nitrogen and oxygen atoms in total. The van der Waals surface area contributed by atoms with Gasteiger partial charge in [-0.25, -0.2) is 0 Å². The van der Waals surface area contributed by atoms with Crippen LogP contribution in [0.2, 0.25) is 0 Å². The number of hydrogen-bond donors (Lipinski definition) is 1. The Morgan fingerprint density at radius 1 is 1.19 bits per heavy atom. The summed E-state index contributed by atoms with van der Waals surface area (Å²) >= 11 is 0. The van der Waals surface area contributed by atoms with Gasteiger partial charge in [0.25, 0.3) is 0 Å². The predicted molar refractivity (Wildman–Crippen MR) is 83.0 cm³/mol. The molecule has 1 saturated carbocycles. The third-order valence-electron chi connectivity index (χ3n) is 4.22. The van der Waals surface area contributed by atoms with Crippen molar-refractivity contribution in [3.63, 3.8) is 0 Å². The van der Waals surface area contributed by atoms with E-state index >= 15 is 0 Å². The van der Waals surface area contributed by atoms with Gasteiger partial charge in [0.15, 0.2) is 0 Å². The maximum Gasteiger partial charge on any atom is 0.232 e. The average Bonchev–Trinajstić information content (AvgIpc) is 2.53. The maximum absolute atomic E-state index is 5.93. The minimum Gasteiger partial charge on any atom is -0.374 e. The van der Waals surface area contributed by atoms with Crippen LogP contribution in [0.4, 0.5) is 17.8 Å². The molecule has 2 atom stereocenters. The van der Waals surface area contributed by atoms with Crippen LogP contribution >= 0.6 is 0 Å². The Morgan fingerprint density at radius 2 is 2.00 bits per heavy atom. The first-order valence-corrected chi connectivity index (χ1v) is 7.68. The molecule has 2 aliphatic rings. The van der Waals surface area contributed by atoms with Gasteiger partial charge in [-0.15, -0.1) is 0 Å². The van der Waals surface area contributed by atoms with Crippen molar-refractivity contribution in [1.82, 2.24) is 15.0 Å². The lowest BCUT2D eigenvalue weighted by Gasteiger charge is -2.43. The summed E-state index contributed by atoms with van der Waals surface area (Å²) in [7, 11) is 5.73. The highest BCUT2D eigenvalue weighted by atomic mass is 16.5. The van der Waals surface area contributed by atoms with Gasteiger partial charge in [-0.3, -0.25) is 0 Å². The Hall–Kier alpha value is -1.63. The molecule has 2 heterocycles. The van der Waals surface area contributed by atoms with Gasteiger partial charge in [0.2, 0.25) is 17.8 Å². The maximum atomic E-state index is 5.93. The first-order chi connectivity index (χ1) is 10.2. The van der Waals surface area contributed by atoms with Gasteiger partial charge in [0.05, 0.1) is 18.8 Å². The normalized spacial score (nSPS) is 25.4. The van der Waals surface area contributed by atoms with E-state index in [1.165, 1.54) is 12.8 Å². The highest BCUT2D eigenvalue weighted by molar-refractivity contribution is 5.45. The van der Waals surface area contributed by atoms with E-state index in [4.69, 9.17) is 4.74 Å². The van der Waals surface area contributed by atoms with Gasteiger partial charge in [0.1, 0.15) is 0 Å². The zero-order valence-corrected chi connectivity index (χ0v) is 13.0. The first-order valence-electron chi connectivity index (χ1n) is 7.68. The van der Waals surface area contributed by atoms with Crippen molar-refractivity contribution in [3.05, 3.63) is 0 Å². The second kappa shape index (κ2) is 6.01. The Kier molecular flexibility index (Phi) is 4.10. The Balaban J connectivity index is 1.92. The van der Waals surface area contributed by atoms with Crippen molar-refractivity contribution in [2.24, 2.45) is 0 Å². The topological polar surface area (TPSA) is 66.4 Å². The summed E-state index contributed by atoms with van der Waals surface area (Å²) < 4.78 is 5.93. The van der Waals surface area contributed by atoms with E-state index in [1.54, 1.807) is 0 Å². The molecule has 1 saturated heterocycles. The number of fused-ring (bicyclic) bond motifs is 1. The number of hydrogen-bond acceptors (Lipinski definition) is 7. The molecule has 0 aromatic carbocycles. The van der Waals surface area contributed by atoms with E-state index in [9.17, 15) is 0 Å². The molecule has 1 aliphatic carbocycles. The number of nitrogens with one attached hydrogen (secondary N) is 1. The van der Waals surface area contributed by atoms with Crippen LogP contribution in [0.5, 0.6) is 0 Å². The molecule has 21 heavy (non-hydrogen) atoms. The van der Waals surface area contributed by atoms with Crippen LogP contribution < -0.4 is 15.1 Å². The summed E-state index contributed by atoms with van der Waals surface area (Å²) in [6, 6.07) is 0.398. The smallest absolute Gasteiger partial charge is 0.232 e. The molecule has 7 heteroatoms. The minimum atomic E-state index is 0.324. The molecule has 0 amide bonds. The van der Waals surface area contributed by atoms with Crippen molar-refractivity contribution < 1.29 is 4.74 Å². The fraction of sp³-hybridized carbons (Fsp3) is 0.786. The average molecular weight is 292 g/mol. The first kappa shape index (κ1) is 14.3. The highest BCUT2D eigenvalue weighted by Crippen LogP contribution is 2.31. The molecule has 116 valence electrons.